The van der Waals surface area contributed by atoms with E-state index in [-0.39, 0.29) is 12.6 Å². The summed E-state index contributed by atoms with van der Waals surface area (Å²) in [6, 6.07) is 18.3. The minimum Gasteiger partial charge on any atom is -0.457 e. The summed E-state index contributed by atoms with van der Waals surface area (Å²) in [5, 5.41) is 18.2. The van der Waals surface area contributed by atoms with Crippen LogP contribution in [-0.2, 0) is 13.2 Å². The topological polar surface area (TPSA) is 106 Å². The maximum Gasteiger partial charge on any atom is 0.323 e. The Bertz CT molecular complexity index is 1580. The number of benzene rings is 3. The highest BCUT2D eigenvalue weighted by molar-refractivity contribution is 6.31. The van der Waals surface area contributed by atoms with Crippen LogP contribution in [0.3, 0.4) is 0 Å². The highest BCUT2D eigenvalue weighted by Crippen LogP contribution is 2.26. The minimum absolute atomic E-state index is 0.178. The van der Waals surface area contributed by atoms with Crippen LogP contribution >= 0.6 is 11.6 Å². The summed E-state index contributed by atoms with van der Waals surface area (Å²) >= 11 is 6.13. The molecule has 0 aliphatic carbocycles. The first kappa shape index (κ1) is 26.2. The van der Waals surface area contributed by atoms with E-state index in [0.29, 0.717) is 30.7 Å². The summed E-state index contributed by atoms with van der Waals surface area (Å²) in [4.78, 5) is 15.2. The molecule has 0 aliphatic rings. The Labute approximate surface area is 232 Å². The lowest BCUT2D eigenvalue weighted by molar-refractivity contribution is 0.276. The molecular weight excluding hydrogens is 514 g/mol. The van der Waals surface area contributed by atoms with Crippen LogP contribution in [0, 0.1) is 13.8 Å². The highest BCUT2D eigenvalue weighted by Gasteiger charge is 2.13. The molecule has 0 aliphatic heterocycles. The van der Waals surface area contributed by atoms with Gasteiger partial charge in [-0.3, -0.25) is 4.68 Å². The van der Waals surface area contributed by atoms with Crippen LogP contribution in [0.2, 0.25) is 5.02 Å². The summed E-state index contributed by atoms with van der Waals surface area (Å²) in [5.74, 6) is 0.894. The maximum atomic E-state index is 6.13. The minimum atomic E-state index is 0.178. The average molecular weight is 544 g/mol. The van der Waals surface area contributed by atoms with Gasteiger partial charge in [-0.25, -0.2) is 0 Å². The van der Waals surface area contributed by atoms with Crippen LogP contribution in [0.15, 0.2) is 60.8 Å². The van der Waals surface area contributed by atoms with Crippen molar-refractivity contribution in [3.8, 4) is 6.01 Å². The van der Waals surface area contributed by atoms with Gasteiger partial charge >= 0.3 is 6.01 Å². The van der Waals surface area contributed by atoms with Gasteiger partial charge in [-0.1, -0.05) is 53.2 Å². The van der Waals surface area contributed by atoms with Crippen molar-refractivity contribution >= 4 is 45.6 Å². The standard InChI is InChI=1S/C28H30ClN9O/c1-18-7-5-8-19(2)25(18)31-26-32-27(37(3)4)34-28(33-26)39-17-22-16-38(36-35-22)14-13-30-24-10-6-9-20-15-21(29)11-12-23(20)24/h5-12,15-16,30H,13-14,17H2,1-4H3,(H,31,32,33,34). The van der Waals surface area contributed by atoms with Gasteiger partial charge < -0.3 is 20.3 Å². The maximum absolute atomic E-state index is 6.13. The number of fused-ring (bicyclic) bond motifs is 1. The predicted molar refractivity (Wildman–Crippen MR) is 155 cm³/mol. The van der Waals surface area contributed by atoms with Gasteiger partial charge in [-0.2, -0.15) is 15.0 Å². The number of hydrogen-bond donors (Lipinski definition) is 2. The van der Waals surface area contributed by atoms with Crippen molar-refractivity contribution in [3.05, 3.63) is 82.6 Å². The van der Waals surface area contributed by atoms with E-state index in [4.69, 9.17) is 16.3 Å². The largest absolute Gasteiger partial charge is 0.457 e. The molecule has 5 aromatic rings. The van der Waals surface area contributed by atoms with Crippen LogP contribution in [0.1, 0.15) is 16.8 Å². The van der Waals surface area contributed by atoms with Crippen molar-refractivity contribution in [2.75, 3.05) is 36.2 Å². The quantitative estimate of drug-likeness (QED) is 0.240. The van der Waals surface area contributed by atoms with E-state index < -0.39 is 0 Å². The molecule has 10 nitrogen and oxygen atoms in total. The summed E-state index contributed by atoms with van der Waals surface area (Å²) < 4.78 is 7.67. The molecule has 3 aromatic carbocycles. The number of aromatic nitrogens is 6. The Hall–Kier alpha value is -4.44. The van der Waals surface area contributed by atoms with Crippen molar-refractivity contribution in [2.45, 2.75) is 27.0 Å². The van der Waals surface area contributed by atoms with Crippen molar-refractivity contribution in [2.24, 2.45) is 0 Å². The number of nitrogens with zero attached hydrogens (tertiary/aromatic N) is 7. The predicted octanol–water partition coefficient (Wildman–Crippen LogP) is 5.39. The molecule has 2 N–H and O–H groups in total. The lowest BCUT2D eigenvalue weighted by Crippen LogP contribution is -2.15. The molecule has 0 fully saturated rings. The SMILES string of the molecule is Cc1cccc(C)c1Nc1nc(OCc2cn(CCNc3cccc4cc(Cl)ccc34)nn2)nc(N(C)C)n1. The van der Waals surface area contributed by atoms with Gasteiger partial charge in [0.1, 0.15) is 12.3 Å². The van der Waals surface area contributed by atoms with Crippen LogP contribution in [0.5, 0.6) is 6.01 Å². The van der Waals surface area contributed by atoms with E-state index >= 15 is 0 Å². The van der Waals surface area contributed by atoms with Crippen molar-refractivity contribution < 1.29 is 4.74 Å². The number of halogens is 1. The first-order valence-corrected chi connectivity index (χ1v) is 12.9. The second-order valence-electron chi connectivity index (χ2n) is 9.39. The fraction of sp³-hybridized carbons (Fsp3) is 0.250. The molecule has 5 rings (SSSR count). The third-order valence-electron chi connectivity index (χ3n) is 6.16. The number of rotatable bonds is 10. The number of aryl methyl sites for hydroxylation is 2. The molecular formula is C28H30ClN9O. The number of ether oxygens (including phenoxy) is 1. The van der Waals surface area contributed by atoms with E-state index in [0.717, 1.165) is 38.3 Å². The lowest BCUT2D eigenvalue weighted by Gasteiger charge is -2.15. The van der Waals surface area contributed by atoms with E-state index in [1.807, 2.05) is 82.7 Å². The Morgan fingerprint density at radius 1 is 0.974 bits per heavy atom. The fourth-order valence-electron chi connectivity index (χ4n) is 4.16. The zero-order chi connectivity index (χ0) is 27.4. The lowest BCUT2D eigenvalue weighted by atomic mass is 10.1. The molecule has 0 amide bonds. The number of nitrogens with one attached hydrogen (secondary N) is 2. The van der Waals surface area contributed by atoms with Crippen molar-refractivity contribution in [1.29, 1.82) is 0 Å². The van der Waals surface area contributed by atoms with E-state index in [9.17, 15) is 0 Å². The van der Waals surface area contributed by atoms with Crippen LogP contribution in [-0.4, -0.2) is 50.6 Å². The van der Waals surface area contributed by atoms with Crippen LogP contribution in [0.4, 0.5) is 23.3 Å². The fourth-order valence-corrected chi connectivity index (χ4v) is 4.34. The molecule has 200 valence electrons. The van der Waals surface area contributed by atoms with Gasteiger partial charge in [0, 0.05) is 42.4 Å². The number of hydrogen-bond acceptors (Lipinski definition) is 9. The first-order valence-electron chi connectivity index (χ1n) is 12.6. The Morgan fingerprint density at radius 3 is 2.56 bits per heavy atom. The summed E-state index contributed by atoms with van der Waals surface area (Å²) in [5.41, 5.74) is 4.87. The summed E-state index contributed by atoms with van der Waals surface area (Å²) in [7, 11) is 3.74. The highest BCUT2D eigenvalue weighted by atomic mass is 35.5. The Morgan fingerprint density at radius 2 is 1.77 bits per heavy atom. The molecule has 0 radical (unpaired) electrons. The molecule has 0 saturated carbocycles. The molecule has 39 heavy (non-hydrogen) atoms. The third kappa shape index (κ3) is 6.35. The van der Waals surface area contributed by atoms with Gasteiger partial charge in [-0.05, 0) is 48.6 Å². The summed E-state index contributed by atoms with van der Waals surface area (Å²) in [6.07, 6.45) is 1.86. The zero-order valence-electron chi connectivity index (χ0n) is 22.3. The Balaban J connectivity index is 1.21. The summed E-state index contributed by atoms with van der Waals surface area (Å²) in [6.45, 7) is 5.57. The van der Waals surface area contributed by atoms with E-state index in [1.54, 1.807) is 9.58 Å². The molecule has 2 aromatic heterocycles. The Kier molecular flexibility index (Phi) is 7.74. The smallest absolute Gasteiger partial charge is 0.323 e. The van der Waals surface area contributed by atoms with Crippen molar-refractivity contribution in [3.63, 3.8) is 0 Å². The number of para-hydroxylation sites is 1. The molecule has 0 spiro atoms. The van der Waals surface area contributed by atoms with Gasteiger partial charge in [0.05, 0.1) is 12.7 Å². The molecule has 2 heterocycles. The van der Waals surface area contributed by atoms with Gasteiger partial charge in [0.2, 0.25) is 11.9 Å². The monoisotopic (exact) mass is 543 g/mol. The van der Waals surface area contributed by atoms with Crippen LogP contribution < -0.4 is 20.3 Å². The molecule has 11 heteroatoms. The second kappa shape index (κ2) is 11.5. The molecule has 0 unspecified atom stereocenters. The molecule has 0 bridgehead atoms. The normalized spacial score (nSPS) is 11.0. The molecule has 0 saturated heterocycles. The number of anilines is 4. The first-order chi connectivity index (χ1) is 18.9. The second-order valence-corrected chi connectivity index (χ2v) is 9.82. The average Bonchev–Trinajstić information content (AvgIpc) is 3.37. The van der Waals surface area contributed by atoms with Gasteiger partial charge in [0.25, 0.3) is 0 Å². The zero-order valence-corrected chi connectivity index (χ0v) is 23.1. The molecule has 0 atom stereocenters. The van der Waals surface area contributed by atoms with Gasteiger partial charge in [0.15, 0.2) is 0 Å². The van der Waals surface area contributed by atoms with Gasteiger partial charge in [-0.15, -0.1) is 5.10 Å². The van der Waals surface area contributed by atoms with Crippen LogP contribution in [0.25, 0.3) is 10.8 Å². The van der Waals surface area contributed by atoms with Crippen molar-refractivity contribution in [1.82, 2.24) is 29.9 Å². The van der Waals surface area contributed by atoms with E-state index in [1.165, 1.54) is 0 Å². The van der Waals surface area contributed by atoms with E-state index in [2.05, 4.69) is 42.0 Å². The third-order valence-corrected chi connectivity index (χ3v) is 6.39.